The Hall–Kier alpha value is -2.82. The van der Waals surface area contributed by atoms with E-state index in [9.17, 15) is 9.59 Å². The number of para-hydroxylation sites is 2. The molecule has 0 aliphatic carbocycles. The molecule has 0 aromatic heterocycles. The lowest BCUT2D eigenvalue weighted by molar-refractivity contribution is -0.132. The highest BCUT2D eigenvalue weighted by atomic mass is 16.5. The van der Waals surface area contributed by atoms with Crippen LogP contribution >= 0.6 is 0 Å². The molecule has 1 N–H and O–H groups in total. The van der Waals surface area contributed by atoms with E-state index in [4.69, 9.17) is 4.74 Å². The minimum atomic E-state index is -0.230. The van der Waals surface area contributed by atoms with Crippen molar-refractivity contribution in [2.24, 2.45) is 0 Å². The maximum Gasteiger partial charge on any atom is 0.244 e. The van der Waals surface area contributed by atoms with Crippen LogP contribution in [0.25, 0.3) is 0 Å². The van der Waals surface area contributed by atoms with Crippen LogP contribution in [-0.4, -0.2) is 36.4 Å². The molecule has 5 heteroatoms. The lowest BCUT2D eigenvalue weighted by atomic mass is 10.1. The molecule has 0 unspecified atom stereocenters. The van der Waals surface area contributed by atoms with E-state index in [-0.39, 0.29) is 18.4 Å². The average molecular weight is 354 g/mol. The van der Waals surface area contributed by atoms with E-state index in [2.05, 4.69) is 17.4 Å². The monoisotopic (exact) mass is 354 g/mol. The number of aryl methyl sites for hydroxylation is 1. The molecule has 5 nitrogen and oxygen atoms in total. The van der Waals surface area contributed by atoms with Crippen molar-refractivity contribution in [3.05, 3.63) is 60.2 Å². The van der Waals surface area contributed by atoms with Gasteiger partial charge in [-0.15, -0.1) is 0 Å². The molecular formula is C21H26N2O3. The molecule has 2 aromatic carbocycles. The maximum atomic E-state index is 12.4. The van der Waals surface area contributed by atoms with Crippen molar-refractivity contribution >= 4 is 17.5 Å². The standard InChI is InChI=1S/C21H26N2O3/c1-3-26-20-14-8-7-13-19(20)22-21(25)16-23(17(2)24)15-9-12-18-10-5-4-6-11-18/h4-8,10-11,13-14H,3,9,12,15-16H2,1-2H3,(H,22,25). The van der Waals surface area contributed by atoms with Gasteiger partial charge in [-0.3, -0.25) is 9.59 Å². The highest BCUT2D eigenvalue weighted by Gasteiger charge is 2.15. The van der Waals surface area contributed by atoms with Gasteiger partial charge in [-0.1, -0.05) is 42.5 Å². The molecular weight excluding hydrogens is 328 g/mol. The number of carbonyl (C=O) groups is 2. The van der Waals surface area contributed by atoms with Crippen LogP contribution in [0.1, 0.15) is 25.8 Å². The molecule has 0 aliphatic rings. The molecule has 0 saturated carbocycles. The van der Waals surface area contributed by atoms with Gasteiger partial charge in [-0.05, 0) is 37.5 Å². The van der Waals surface area contributed by atoms with Gasteiger partial charge in [0.15, 0.2) is 0 Å². The summed E-state index contributed by atoms with van der Waals surface area (Å²) < 4.78 is 5.51. The summed E-state index contributed by atoms with van der Waals surface area (Å²) in [5.41, 5.74) is 1.85. The van der Waals surface area contributed by atoms with Gasteiger partial charge in [0.25, 0.3) is 0 Å². The Balaban J connectivity index is 1.88. The van der Waals surface area contributed by atoms with Crippen LogP contribution in [0.2, 0.25) is 0 Å². The zero-order valence-electron chi connectivity index (χ0n) is 15.4. The molecule has 0 heterocycles. The molecule has 0 bridgehead atoms. The molecule has 2 aromatic rings. The predicted molar refractivity (Wildman–Crippen MR) is 103 cm³/mol. The van der Waals surface area contributed by atoms with E-state index in [1.807, 2.05) is 43.3 Å². The van der Waals surface area contributed by atoms with Crippen molar-refractivity contribution in [2.75, 3.05) is 25.0 Å². The van der Waals surface area contributed by atoms with Crippen molar-refractivity contribution in [2.45, 2.75) is 26.7 Å². The molecule has 138 valence electrons. The summed E-state index contributed by atoms with van der Waals surface area (Å²) >= 11 is 0. The quantitative estimate of drug-likeness (QED) is 0.750. The highest BCUT2D eigenvalue weighted by Crippen LogP contribution is 2.23. The minimum Gasteiger partial charge on any atom is -0.492 e. The Morgan fingerprint density at radius 1 is 1.04 bits per heavy atom. The van der Waals surface area contributed by atoms with Crippen LogP contribution in [0.5, 0.6) is 5.75 Å². The number of carbonyl (C=O) groups excluding carboxylic acids is 2. The summed E-state index contributed by atoms with van der Waals surface area (Å²) in [6.45, 7) is 4.48. The lowest BCUT2D eigenvalue weighted by Crippen LogP contribution is -2.37. The van der Waals surface area contributed by atoms with E-state index < -0.39 is 0 Å². The molecule has 2 amide bonds. The average Bonchev–Trinajstić information content (AvgIpc) is 2.63. The van der Waals surface area contributed by atoms with Crippen molar-refractivity contribution in [1.29, 1.82) is 0 Å². The van der Waals surface area contributed by atoms with Crippen molar-refractivity contribution in [1.82, 2.24) is 4.90 Å². The predicted octanol–water partition coefficient (Wildman–Crippen LogP) is 3.51. The zero-order chi connectivity index (χ0) is 18.8. The SMILES string of the molecule is CCOc1ccccc1NC(=O)CN(CCCc1ccccc1)C(C)=O. The number of rotatable bonds is 9. The van der Waals surface area contributed by atoms with Crippen LogP contribution in [0.4, 0.5) is 5.69 Å². The first-order chi connectivity index (χ1) is 12.6. The number of nitrogens with zero attached hydrogens (tertiary/aromatic N) is 1. The number of amides is 2. The molecule has 26 heavy (non-hydrogen) atoms. The first-order valence-corrected chi connectivity index (χ1v) is 8.91. The third-order valence-corrected chi connectivity index (χ3v) is 3.98. The van der Waals surface area contributed by atoms with Gasteiger partial charge in [-0.2, -0.15) is 0 Å². The van der Waals surface area contributed by atoms with Crippen LogP contribution in [-0.2, 0) is 16.0 Å². The largest absolute Gasteiger partial charge is 0.492 e. The smallest absolute Gasteiger partial charge is 0.244 e. The highest BCUT2D eigenvalue weighted by molar-refractivity contribution is 5.95. The molecule has 2 rings (SSSR count). The fourth-order valence-corrected chi connectivity index (χ4v) is 2.68. The first kappa shape index (κ1) is 19.5. The minimum absolute atomic E-state index is 0.0323. The Bertz CT molecular complexity index is 716. The van der Waals surface area contributed by atoms with E-state index in [1.165, 1.54) is 12.5 Å². The van der Waals surface area contributed by atoms with Crippen LogP contribution < -0.4 is 10.1 Å². The van der Waals surface area contributed by atoms with Crippen molar-refractivity contribution in [3.8, 4) is 5.75 Å². The van der Waals surface area contributed by atoms with Gasteiger partial charge < -0.3 is 15.0 Å². The third-order valence-electron chi connectivity index (χ3n) is 3.98. The zero-order valence-corrected chi connectivity index (χ0v) is 15.4. The molecule has 0 radical (unpaired) electrons. The normalized spacial score (nSPS) is 10.2. The van der Waals surface area contributed by atoms with Crippen LogP contribution in [0.3, 0.4) is 0 Å². The number of nitrogens with one attached hydrogen (secondary N) is 1. The number of ether oxygens (including phenoxy) is 1. The topological polar surface area (TPSA) is 58.6 Å². The summed E-state index contributed by atoms with van der Waals surface area (Å²) in [7, 11) is 0. The molecule has 0 fully saturated rings. The van der Waals surface area contributed by atoms with Gasteiger partial charge in [0.1, 0.15) is 5.75 Å². The van der Waals surface area contributed by atoms with E-state index >= 15 is 0 Å². The van der Waals surface area contributed by atoms with Gasteiger partial charge in [0.2, 0.25) is 11.8 Å². The molecule has 0 spiro atoms. The van der Waals surface area contributed by atoms with E-state index in [0.29, 0.717) is 24.6 Å². The Labute approximate surface area is 155 Å². The number of hydrogen-bond acceptors (Lipinski definition) is 3. The third kappa shape index (κ3) is 6.24. The fourth-order valence-electron chi connectivity index (χ4n) is 2.68. The first-order valence-electron chi connectivity index (χ1n) is 8.91. The summed E-state index contributed by atoms with van der Waals surface area (Å²) in [6.07, 6.45) is 1.69. The molecule has 0 aliphatic heterocycles. The van der Waals surface area contributed by atoms with Crippen LogP contribution in [0, 0.1) is 0 Å². The summed E-state index contributed by atoms with van der Waals surface area (Å²) in [4.78, 5) is 25.8. The number of anilines is 1. The van der Waals surface area contributed by atoms with Gasteiger partial charge >= 0.3 is 0 Å². The molecule has 0 atom stereocenters. The second-order valence-electron chi connectivity index (χ2n) is 6.01. The number of benzene rings is 2. The van der Waals surface area contributed by atoms with Gasteiger partial charge in [0.05, 0.1) is 18.8 Å². The van der Waals surface area contributed by atoms with Gasteiger partial charge in [0, 0.05) is 13.5 Å². The van der Waals surface area contributed by atoms with Crippen molar-refractivity contribution in [3.63, 3.8) is 0 Å². The fraction of sp³-hybridized carbons (Fsp3) is 0.333. The second kappa shape index (κ2) is 10.2. The Kier molecular flexibility index (Phi) is 7.68. The maximum absolute atomic E-state index is 12.4. The van der Waals surface area contributed by atoms with Crippen molar-refractivity contribution < 1.29 is 14.3 Å². The Morgan fingerprint density at radius 3 is 2.42 bits per heavy atom. The Morgan fingerprint density at radius 2 is 1.73 bits per heavy atom. The second-order valence-corrected chi connectivity index (χ2v) is 6.01. The van der Waals surface area contributed by atoms with E-state index in [0.717, 1.165) is 12.8 Å². The summed E-state index contributed by atoms with van der Waals surface area (Å²) in [6, 6.07) is 17.4. The lowest BCUT2D eigenvalue weighted by Gasteiger charge is -2.21. The summed E-state index contributed by atoms with van der Waals surface area (Å²) in [5, 5.41) is 2.83. The summed E-state index contributed by atoms with van der Waals surface area (Å²) in [5.74, 6) is 0.292. The van der Waals surface area contributed by atoms with Gasteiger partial charge in [-0.25, -0.2) is 0 Å². The molecule has 0 saturated heterocycles. The number of hydrogen-bond donors (Lipinski definition) is 1. The van der Waals surface area contributed by atoms with Crippen LogP contribution in [0.15, 0.2) is 54.6 Å². The van der Waals surface area contributed by atoms with E-state index in [1.54, 1.807) is 11.0 Å².